The molecule has 0 aromatic rings. The van der Waals surface area contributed by atoms with E-state index < -0.39 is 0 Å². The van der Waals surface area contributed by atoms with Gasteiger partial charge in [0.2, 0.25) is 0 Å². The van der Waals surface area contributed by atoms with Crippen LogP contribution in [0.15, 0.2) is 0 Å². The molecule has 1 N–H and O–H groups in total. The van der Waals surface area contributed by atoms with E-state index in [2.05, 4.69) is 19.2 Å². The van der Waals surface area contributed by atoms with Gasteiger partial charge >= 0.3 is 0 Å². The van der Waals surface area contributed by atoms with E-state index >= 15 is 0 Å². The molecule has 0 amide bonds. The Balaban J connectivity index is 0.00000162. The second-order valence-electron chi connectivity index (χ2n) is 6.42. The van der Waals surface area contributed by atoms with Gasteiger partial charge in [-0.05, 0) is 63.2 Å². The lowest BCUT2D eigenvalue weighted by molar-refractivity contribution is 0.226. The molecular formula is C16H32ClN. The first-order chi connectivity index (χ1) is 8.31. The largest absolute Gasteiger partial charge is 0.311 e. The standard InChI is InChI=1S/C16H31N.ClH/c1-3-13-5-9-15(10-6-13)17-16-11-7-14(4-2)8-12-16;/h13-17H,3-12H2,1-2H3;1H. The van der Waals surface area contributed by atoms with Crippen LogP contribution < -0.4 is 5.32 Å². The Kier molecular flexibility index (Phi) is 7.63. The quantitative estimate of drug-likeness (QED) is 0.765. The van der Waals surface area contributed by atoms with Gasteiger partial charge in [0.05, 0.1) is 0 Å². The van der Waals surface area contributed by atoms with Crippen molar-refractivity contribution in [2.75, 3.05) is 0 Å². The SMILES string of the molecule is CCC1CCC(NC2CCC(CC)CC2)CC1.Cl. The summed E-state index contributed by atoms with van der Waals surface area (Å²) in [5.41, 5.74) is 0. The average molecular weight is 274 g/mol. The van der Waals surface area contributed by atoms with Crippen LogP contribution in [0.4, 0.5) is 0 Å². The fourth-order valence-electron chi connectivity index (χ4n) is 3.81. The molecule has 2 aliphatic rings. The smallest absolute Gasteiger partial charge is 0.00698 e. The Morgan fingerprint density at radius 1 is 0.667 bits per heavy atom. The van der Waals surface area contributed by atoms with E-state index in [0.29, 0.717) is 0 Å². The van der Waals surface area contributed by atoms with Crippen LogP contribution in [0.2, 0.25) is 0 Å². The van der Waals surface area contributed by atoms with E-state index in [0.717, 1.165) is 23.9 Å². The van der Waals surface area contributed by atoms with Crippen molar-refractivity contribution in [1.82, 2.24) is 5.32 Å². The van der Waals surface area contributed by atoms with E-state index in [1.807, 2.05) is 0 Å². The van der Waals surface area contributed by atoms with Gasteiger partial charge in [-0.1, -0.05) is 26.7 Å². The average Bonchev–Trinajstić information content (AvgIpc) is 2.40. The zero-order valence-electron chi connectivity index (χ0n) is 12.3. The third-order valence-electron chi connectivity index (χ3n) is 5.32. The van der Waals surface area contributed by atoms with Crippen LogP contribution in [-0.4, -0.2) is 12.1 Å². The lowest BCUT2D eigenvalue weighted by Crippen LogP contribution is -2.42. The Morgan fingerprint density at radius 2 is 1.00 bits per heavy atom. The molecule has 0 aromatic carbocycles. The summed E-state index contributed by atoms with van der Waals surface area (Å²) in [7, 11) is 0. The fraction of sp³-hybridized carbons (Fsp3) is 1.00. The van der Waals surface area contributed by atoms with Crippen LogP contribution in [-0.2, 0) is 0 Å². The minimum atomic E-state index is 0. The van der Waals surface area contributed by atoms with Crippen molar-refractivity contribution in [2.45, 2.75) is 90.1 Å². The molecule has 2 heteroatoms. The van der Waals surface area contributed by atoms with Gasteiger partial charge in [-0.15, -0.1) is 12.4 Å². The normalized spacial score (nSPS) is 37.0. The number of rotatable bonds is 4. The van der Waals surface area contributed by atoms with Crippen molar-refractivity contribution in [3.63, 3.8) is 0 Å². The topological polar surface area (TPSA) is 12.0 Å². The van der Waals surface area contributed by atoms with Gasteiger partial charge in [0.1, 0.15) is 0 Å². The van der Waals surface area contributed by atoms with E-state index in [1.54, 1.807) is 0 Å². The molecule has 0 heterocycles. The molecule has 2 saturated carbocycles. The molecule has 0 spiro atoms. The van der Waals surface area contributed by atoms with Gasteiger partial charge in [-0.2, -0.15) is 0 Å². The van der Waals surface area contributed by atoms with Crippen LogP contribution >= 0.6 is 12.4 Å². The van der Waals surface area contributed by atoms with Crippen molar-refractivity contribution < 1.29 is 0 Å². The number of halogens is 1. The monoisotopic (exact) mass is 273 g/mol. The molecule has 0 radical (unpaired) electrons. The maximum absolute atomic E-state index is 3.95. The molecule has 2 aliphatic carbocycles. The first kappa shape index (κ1) is 16.3. The maximum Gasteiger partial charge on any atom is 0.00698 e. The summed E-state index contributed by atoms with van der Waals surface area (Å²) in [6.07, 6.45) is 14.4. The second-order valence-corrected chi connectivity index (χ2v) is 6.42. The Bertz CT molecular complexity index is 181. The minimum Gasteiger partial charge on any atom is -0.311 e. The van der Waals surface area contributed by atoms with Crippen LogP contribution in [0.1, 0.15) is 78.1 Å². The summed E-state index contributed by atoms with van der Waals surface area (Å²) in [6.45, 7) is 4.70. The zero-order chi connectivity index (χ0) is 12.1. The van der Waals surface area contributed by atoms with Crippen molar-refractivity contribution in [2.24, 2.45) is 11.8 Å². The lowest BCUT2D eigenvalue weighted by Gasteiger charge is -2.35. The van der Waals surface area contributed by atoms with Gasteiger partial charge in [0.25, 0.3) is 0 Å². The van der Waals surface area contributed by atoms with Gasteiger partial charge in [-0.3, -0.25) is 0 Å². The minimum absolute atomic E-state index is 0. The Hall–Kier alpha value is 0.250. The third kappa shape index (κ3) is 4.74. The summed E-state index contributed by atoms with van der Waals surface area (Å²) in [4.78, 5) is 0. The van der Waals surface area contributed by atoms with Gasteiger partial charge in [0, 0.05) is 12.1 Å². The zero-order valence-corrected chi connectivity index (χ0v) is 13.1. The fourth-order valence-corrected chi connectivity index (χ4v) is 3.81. The van der Waals surface area contributed by atoms with E-state index in [4.69, 9.17) is 0 Å². The lowest BCUT2D eigenvalue weighted by atomic mass is 9.81. The van der Waals surface area contributed by atoms with Crippen molar-refractivity contribution in [3.05, 3.63) is 0 Å². The highest BCUT2D eigenvalue weighted by atomic mass is 35.5. The summed E-state index contributed by atoms with van der Waals surface area (Å²) in [5, 5.41) is 3.95. The van der Waals surface area contributed by atoms with Gasteiger partial charge in [0.15, 0.2) is 0 Å². The summed E-state index contributed by atoms with van der Waals surface area (Å²) in [6, 6.07) is 1.70. The molecule has 0 aliphatic heterocycles. The first-order valence-corrected chi connectivity index (χ1v) is 8.07. The van der Waals surface area contributed by atoms with Crippen molar-refractivity contribution >= 4 is 12.4 Å². The molecule has 0 unspecified atom stereocenters. The highest BCUT2D eigenvalue weighted by Crippen LogP contribution is 2.30. The molecule has 0 aromatic heterocycles. The van der Waals surface area contributed by atoms with Crippen molar-refractivity contribution in [3.8, 4) is 0 Å². The van der Waals surface area contributed by atoms with Crippen molar-refractivity contribution in [1.29, 1.82) is 0 Å². The Morgan fingerprint density at radius 3 is 1.28 bits per heavy atom. The van der Waals surface area contributed by atoms with Gasteiger partial charge in [-0.25, -0.2) is 0 Å². The Labute approximate surface area is 120 Å². The summed E-state index contributed by atoms with van der Waals surface area (Å²) < 4.78 is 0. The molecular weight excluding hydrogens is 242 g/mol. The van der Waals surface area contributed by atoms with Crippen LogP contribution in [0.25, 0.3) is 0 Å². The highest BCUT2D eigenvalue weighted by Gasteiger charge is 2.25. The number of hydrogen-bond acceptors (Lipinski definition) is 1. The van der Waals surface area contributed by atoms with Crippen LogP contribution in [0.5, 0.6) is 0 Å². The number of hydrogen-bond donors (Lipinski definition) is 1. The molecule has 2 fully saturated rings. The van der Waals surface area contributed by atoms with E-state index in [9.17, 15) is 0 Å². The molecule has 18 heavy (non-hydrogen) atoms. The molecule has 108 valence electrons. The highest BCUT2D eigenvalue weighted by molar-refractivity contribution is 5.85. The molecule has 0 saturated heterocycles. The predicted octanol–water partition coefficient (Wildman–Crippen LogP) is 4.94. The molecule has 0 bridgehead atoms. The molecule has 2 rings (SSSR count). The van der Waals surface area contributed by atoms with Crippen LogP contribution in [0.3, 0.4) is 0 Å². The molecule has 1 nitrogen and oxygen atoms in total. The van der Waals surface area contributed by atoms with E-state index in [-0.39, 0.29) is 12.4 Å². The van der Waals surface area contributed by atoms with Crippen LogP contribution in [0, 0.1) is 11.8 Å². The first-order valence-electron chi connectivity index (χ1n) is 8.07. The summed E-state index contributed by atoms with van der Waals surface area (Å²) in [5.74, 6) is 2.06. The van der Waals surface area contributed by atoms with Gasteiger partial charge < -0.3 is 5.32 Å². The molecule has 0 atom stereocenters. The third-order valence-corrected chi connectivity index (χ3v) is 5.32. The second kappa shape index (κ2) is 8.43. The summed E-state index contributed by atoms with van der Waals surface area (Å²) >= 11 is 0. The van der Waals surface area contributed by atoms with E-state index in [1.165, 1.54) is 64.2 Å². The predicted molar refractivity (Wildman–Crippen MR) is 82.5 cm³/mol. The number of nitrogens with one attached hydrogen (secondary N) is 1. The maximum atomic E-state index is 3.95.